The van der Waals surface area contributed by atoms with Gasteiger partial charge in [-0.2, -0.15) is 0 Å². The normalized spacial score (nSPS) is 12.7. The first-order valence-corrected chi connectivity index (χ1v) is 9.29. The molecule has 0 radical (unpaired) electrons. The maximum atomic E-state index is 12.5. The van der Waals surface area contributed by atoms with Crippen molar-refractivity contribution in [1.29, 1.82) is 0 Å². The van der Waals surface area contributed by atoms with Gasteiger partial charge in [-0.1, -0.05) is 41.9 Å². The van der Waals surface area contributed by atoms with Crippen LogP contribution in [0.25, 0.3) is 0 Å². The van der Waals surface area contributed by atoms with Crippen LogP contribution in [0.15, 0.2) is 60.8 Å². The van der Waals surface area contributed by atoms with Gasteiger partial charge in [-0.3, -0.25) is 4.79 Å². The van der Waals surface area contributed by atoms with Crippen LogP contribution in [-0.2, 0) is 12.8 Å². The average Bonchev–Trinajstić information content (AvgIpc) is 3.14. The Balaban J connectivity index is 1.41. The molecular formula is C21H19ClN4O. The van der Waals surface area contributed by atoms with E-state index in [9.17, 15) is 4.79 Å². The highest BCUT2D eigenvalue weighted by atomic mass is 35.5. The van der Waals surface area contributed by atoms with E-state index in [2.05, 4.69) is 32.3 Å². The summed E-state index contributed by atoms with van der Waals surface area (Å²) in [5, 5.41) is 3.63. The molecule has 2 heterocycles. The topological polar surface area (TPSA) is 58.1 Å². The van der Waals surface area contributed by atoms with Gasteiger partial charge in [-0.25, -0.2) is 9.97 Å². The maximum Gasteiger partial charge on any atom is 0.270 e. The zero-order chi connectivity index (χ0) is 18.6. The lowest BCUT2D eigenvalue weighted by atomic mass is 10.1. The molecular weight excluding hydrogens is 360 g/mol. The molecule has 0 aliphatic carbocycles. The third-order valence-corrected chi connectivity index (χ3v) is 4.87. The summed E-state index contributed by atoms with van der Waals surface area (Å²) < 4.78 is 0. The number of hydrogen-bond donors (Lipinski definition) is 1. The van der Waals surface area contributed by atoms with Gasteiger partial charge in [-0.05, 0) is 48.2 Å². The van der Waals surface area contributed by atoms with Gasteiger partial charge in [0.05, 0.1) is 0 Å². The molecule has 1 aliphatic heterocycles. The van der Waals surface area contributed by atoms with Crippen LogP contribution in [0.5, 0.6) is 0 Å². The predicted octanol–water partition coefficient (Wildman–Crippen LogP) is 3.80. The summed E-state index contributed by atoms with van der Waals surface area (Å²) in [6.45, 7) is 1.35. The molecule has 3 aromatic rings. The third-order valence-electron chi connectivity index (χ3n) is 4.62. The van der Waals surface area contributed by atoms with Crippen LogP contribution in [0.1, 0.15) is 21.6 Å². The van der Waals surface area contributed by atoms with Crippen molar-refractivity contribution in [2.45, 2.75) is 12.8 Å². The molecule has 0 spiro atoms. The van der Waals surface area contributed by atoms with Gasteiger partial charge < -0.3 is 10.2 Å². The first kappa shape index (κ1) is 17.5. The number of para-hydroxylation sites is 1. The van der Waals surface area contributed by atoms with E-state index >= 15 is 0 Å². The number of aromatic nitrogens is 2. The Morgan fingerprint density at radius 3 is 2.78 bits per heavy atom. The first-order chi connectivity index (χ1) is 13.2. The summed E-state index contributed by atoms with van der Waals surface area (Å²) in [7, 11) is 0. The Morgan fingerprint density at radius 1 is 1.11 bits per heavy atom. The lowest BCUT2D eigenvalue weighted by molar-refractivity contribution is 0.0949. The molecule has 1 N–H and O–H groups in total. The van der Waals surface area contributed by atoms with Gasteiger partial charge in [0.25, 0.3) is 5.91 Å². The van der Waals surface area contributed by atoms with E-state index < -0.39 is 0 Å². The lowest BCUT2D eigenvalue weighted by Gasteiger charge is -2.17. The van der Waals surface area contributed by atoms with Crippen LogP contribution >= 0.6 is 11.6 Å². The van der Waals surface area contributed by atoms with Crippen molar-refractivity contribution in [3.8, 4) is 0 Å². The van der Waals surface area contributed by atoms with E-state index in [4.69, 9.17) is 11.6 Å². The predicted molar refractivity (Wildman–Crippen MR) is 107 cm³/mol. The van der Waals surface area contributed by atoms with Gasteiger partial charge in [0, 0.05) is 30.0 Å². The number of nitrogens with zero attached hydrogens (tertiary/aromatic N) is 3. The van der Waals surface area contributed by atoms with Gasteiger partial charge in [0.2, 0.25) is 5.95 Å². The molecule has 1 aromatic heterocycles. The molecule has 0 fully saturated rings. The quantitative estimate of drug-likeness (QED) is 0.733. The molecule has 2 aromatic carbocycles. The molecule has 6 heteroatoms. The number of rotatable bonds is 5. The molecule has 0 saturated heterocycles. The number of halogens is 1. The lowest BCUT2D eigenvalue weighted by Crippen LogP contribution is -2.27. The molecule has 0 unspecified atom stereocenters. The summed E-state index contributed by atoms with van der Waals surface area (Å²) in [6, 6.07) is 17.5. The highest BCUT2D eigenvalue weighted by molar-refractivity contribution is 6.30. The molecule has 27 heavy (non-hydrogen) atoms. The number of amides is 1. The maximum absolute atomic E-state index is 12.5. The summed E-state index contributed by atoms with van der Waals surface area (Å²) in [6.07, 6.45) is 3.33. The zero-order valence-corrected chi connectivity index (χ0v) is 15.5. The summed E-state index contributed by atoms with van der Waals surface area (Å²) in [4.78, 5) is 23.4. The van der Waals surface area contributed by atoms with E-state index in [1.807, 2.05) is 36.4 Å². The second-order valence-corrected chi connectivity index (χ2v) is 6.84. The Bertz CT molecular complexity index is 958. The Labute approximate surface area is 163 Å². The second-order valence-electron chi connectivity index (χ2n) is 6.40. The average molecular weight is 379 g/mol. The number of benzene rings is 2. The minimum absolute atomic E-state index is 0.194. The molecule has 0 bridgehead atoms. The first-order valence-electron chi connectivity index (χ1n) is 8.92. The van der Waals surface area contributed by atoms with Crippen molar-refractivity contribution in [2.75, 3.05) is 18.0 Å². The second kappa shape index (κ2) is 7.76. The third kappa shape index (κ3) is 3.93. The highest BCUT2D eigenvalue weighted by Gasteiger charge is 2.22. The molecule has 0 saturated carbocycles. The van der Waals surface area contributed by atoms with Crippen LogP contribution in [0.3, 0.4) is 0 Å². The van der Waals surface area contributed by atoms with E-state index in [1.165, 1.54) is 5.56 Å². The van der Waals surface area contributed by atoms with Crippen LogP contribution in [0.2, 0.25) is 5.02 Å². The number of nitrogens with one attached hydrogen (secondary N) is 1. The fourth-order valence-corrected chi connectivity index (χ4v) is 3.34. The summed E-state index contributed by atoms with van der Waals surface area (Å²) in [5.41, 5.74) is 3.88. The molecule has 0 atom stereocenters. The fourth-order valence-electron chi connectivity index (χ4n) is 3.21. The van der Waals surface area contributed by atoms with Gasteiger partial charge in [0.1, 0.15) is 5.69 Å². The van der Waals surface area contributed by atoms with Crippen molar-refractivity contribution in [2.24, 2.45) is 0 Å². The van der Waals surface area contributed by atoms with Crippen molar-refractivity contribution in [3.05, 3.63) is 82.6 Å². The van der Waals surface area contributed by atoms with Crippen LogP contribution in [0.4, 0.5) is 11.6 Å². The molecule has 5 nitrogen and oxygen atoms in total. The smallest absolute Gasteiger partial charge is 0.270 e. The van der Waals surface area contributed by atoms with Crippen LogP contribution in [0, 0.1) is 0 Å². The number of anilines is 2. The minimum Gasteiger partial charge on any atom is -0.350 e. The van der Waals surface area contributed by atoms with Gasteiger partial charge >= 0.3 is 0 Å². The van der Waals surface area contributed by atoms with Gasteiger partial charge in [-0.15, -0.1) is 0 Å². The highest BCUT2D eigenvalue weighted by Crippen LogP contribution is 2.32. The van der Waals surface area contributed by atoms with Crippen molar-refractivity contribution >= 4 is 29.1 Å². The van der Waals surface area contributed by atoms with Gasteiger partial charge in [0.15, 0.2) is 0 Å². The summed E-state index contributed by atoms with van der Waals surface area (Å²) in [5.74, 6) is 0.366. The zero-order valence-electron chi connectivity index (χ0n) is 14.7. The minimum atomic E-state index is -0.194. The molecule has 4 rings (SSSR count). The molecule has 1 amide bonds. The fraction of sp³-hybridized carbons (Fsp3) is 0.190. The van der Waals surface area contributed by atoms with E-state index in [0.29, 0.717) is 23.2 Å². The van der Waals surface area contributed by atoms with E-state index in [-0.39, 0.29) is 5.91 Å². The Kier molecular flexibility index (Phi) is 5.03. The number of carbonyl (C=O) groups is 1. The monoisotopic (exact) mass is 378 g/mol. The Morgan fingerprint density at radius 2 is 1.93 bits per heavy atom. The number of carbonyl (C=O) groups excluding carboxylic acids is 1. The number of fused-ring (bicyclic) bond motifs is 1. The molecule has 1 aliphatic rings. The van der Waals surface area contributed by atoms with E-state index in [0.717, 1.165) is 30.6 Å². The largest absolute Gasteiger partial charge is 0.350 e. The van der Waals surface area contributed by atoms with Crippen molar-refractivity contribution in [3.63, 3.8) is 0 Å². The van der Waals surface area contributed by atoms with E-state index in [1.54, 1.807) is 12.3 Å². The summed E-state index contributed by atoms with van der Waals surface area (Å²) >= 11 is 5.89. The van der Waals surface area contributed by atoms with Crippen LogP contribution in [-0.4, -0.2) is 29.0 Å². The Hall–Kier alpha value is -2.92. The van der Waals surface area contributed by atoms with Crippen LogP contribution < -0.4 is 10.2 Å². The van der Waals surface area contributed by atoms with Crippen molar-refractivity contribution in [1.82, 2.24) is 15.3 Å². The standard InChI is InChI=1S/C21H19ClN4O/c22-17-7-5-15(6-8-17)9-12-23-20(27)18-10-13-24-21(25-18)26-14-11-16-3-1-2-4-19(16)26/h1-8,10,13H,9,11-12,14H2,(H,23,27). The van der Waals surface area contributed by atoms with Crippen molar-refractivity contribution < 1.29 is 4.79 Å². The number of hydrogen-bond acceptors (Lipinski definition) is 4. The SMILES string of the molecule is O=C(NCCc1ccc(Cl)cc1)c1ccnc(N2CCc3ccccc32)n1. The molecule has 136 valence electrons.